The zero-order valence-electron chi connectivity index (χ0n) is 18.4. The van der Waals surface area contributed by atoms with Crippen molar-refractivity contribution in [2.45, 2.75) is 65.5 Å². The third kappa shape index (κ3) is 5.78. The number of carbonyl (C=O) groups excluding carboxylic acids is 2. The van der Waals surface area contributed by atoms with Gasteiger partial charge in [0.2, 0.25) is 5.91 Å². The van der Waals surface area contributed by atoms with Crippen molar-refractivity contribution in [2.75, 3.05) is 26.2 Å². The molecule has 1 saturated carbocycles. The van der Waals surface area contributed by atoms with Gasteiger partial charge in [0.15, 0.2) is 0 Å². The lowest BCUT2D eigenvalue weighted by atomic mass is 9.96. The predicted molar refractivity (Wildman–Crippen MR) is 119 cm³/mol. The molecule has 1 aliphatic heterocycles. The van der Waals surface area contributed by atoms with Crippen LogP contribution in [0.4, 0.5) is 4.79 Å². The quantitative estimate of drug-likeness (QED) is 0.717. The van der Waals surface area contributed by atoms with Crippen LogP contribution in [0.3, 0.4) is 0 Å². The number of carbonyl (C=O) groups is 2. The first-order valence-corrected chi connectivity index (χ1v) is 11.5. The van der Waals surface area contributed by atoms with Crippen molar-refractivity contribution in [2.24, 2.45) is 5.92 Å². The number of aryl methyl sites for hydroxylation is 1. The van der Waals surface area contributed by atoms with E-state index in [9.17, 15) is 9.59 Å². The maximum Gasteiger partial charge on any atom is 0.317 e. The fourth-order valence-electron chi connectivity index (χ4n) is 4.13. The van der Waals surface area contributed by atoms with Gasteiger partial charge in [0, 0.05) is 50.4 Å². The van der Waals surface area contributed by atoms with E-state index in [1.807, 2.05) is 11.8 Å². The fraction of sp³-hybridized carbons (Fsp3) is 0.682. The van der Waals surface area contributed by atoms with Crippen molar-refractivity contribution in [1.82, 2.24) is 24.9 Å². The molecule has 0 radical (unpaired) electrons. The Balaban J connectivity index is 1.50. The van der Waals surface area contributed by atoms with E-state index in [1.54, 1.807) is 21.7 Å². The third-order valence-corrected chi connectivity index (χ3v) is 6.25. The summed E-state index contributed by atoms with van der Waals surface area (Å²) in [6.07, 6.45) is 9.12. The summed E-state index contributed by atoms with van der Waals surface area (Å²) in [6, 6.07) is 0.308. The molecular formula is C22H34ClN5O2. The van der Waals surface area contributed by atoms with Crippen LogP contribution in [0.25, 0.3) is 6.08 Å². The third-order valence-electron chi connectivity index (χ3n) is 5.85. The van der Waals surface area contributed by atoms with Gasteiger partial charge in [0.1, 0.15) is 5.15 Å². The fourth-order valence-corrected chi connectivity index (χ4v) is 4.43. The van der Waals surface area contributed by atoms with Gasteiger partial charge in [0.05, 0.1) is 5.69 Å². The van der Waals surface area contributed by atoms with Gasteiger partial charge in [0.25, 0.3) is 0 Å². The van der Waals surface area contributed by atoms with E-state index in [2.05, 4.69) is 24.3 Å². The number of nitrogens with zero attached hydrogens (tertiary/aromatic N) is 4. The number of amides is 3. The molecule has 2 fully saturated rings. The summed E-state index contributed by atoms with van der Waals surface area (Å²) in [7, 11) is 0. The number of nitrogens with one attached hydrogen (secondary N) is 1. The number of hydrogen-bond donors (Lipinski definition) is 1. The molecule has 0 spiro atoms. The molecule has 0 atom stereocenters. The molecule has 0 bridgehead atoms. The summed E-state index contributed by atoms with van der Waals surface area (Å²) in [5.41, 5.74) is 1.60. The molecule has 30 heavy (non-hydrogen) atoms. The lowest BCUT2D eigenvalue weighted by Gasteiger charge is -2.35. The largest absolute Gasteiger partial charge is 0.336 e. The van der Waals surface area contributed by atoms with Crippen LogP contribution >= 0.6 is 11.6 Å². The number of urea groups is 1. The number of hydrogen-bond acceptors (Lipinski definition) is 3. The Morgan fingerprint density at radius 2 is 1.77 bits per heavy atom. The molecule has 1 aliphatic carbocycles. The molecule has 8 heteroatoms. The van der Waals surface area contributed by atoms with Crippen LogP contribution in [-0.4, -0.2) is 63.7 Å². The topological polar surface area (TPSA) is 70.5 Å². The van der Waals surface area contributed by atoms with Crippen molar-refractivity contribution in [3.05, 3.63) is 22.5 Å². The second-order valence-electron chi connectivity index (χ2n) is 8.80. The SMILES string of the molecule is Cc1nn(CC(C)C)c(Cl)c1/C=C/C(=O)N1CCN(C(=O)NC2CCCCC2)CC1. The van der Waals surface area contributed by atoms with Crippen LogP contribution in [0.15, 0.2) is 6.08 Å². The second kappa shape index (κ2) is 10.3. The molecule has 0 aromatic carbocycles. The van der Waals surface area contributed by atoms with Gasteiger partial charge in [-0.1, -0.05) is 44.7 Å². The zero-order valence-corrected chi connectivity index (χ0v) is 19.1. The van der Waals surface area contributed by atoms with E-state index < -0.39 is 0 Å². The Kier molecular flexibility index (Phi) is 7.81. The Hall–Kier alpha value is -2.02. The van der Waals surface area contributed by atoms with E-state index in [4.69, 9.17) is 11.6 Å². The normalized spacial score (nSPS) is 18.4. The van der Waals surface area contributed by atoms with Crippen molar-refractivity contribution >= 4 is 29.6 Å². The second-order valence-corrected chi connectivity index (χ2v) is 9.15. The molecule has 1 aromatic heterocycles. The highest BCUT2D eigenvalue weighted by molar-refractivity contribution is 6.31. The van der Waals surface area contributed by atoms with E-state index in [0.29, 0.717) is 43.3 Å². The zero-order chi connectivity index (χ0) is 21.7. The van der Waals surface area contributed by atoms with E-state index in [-0.39, 0.29) is 11.9 Å². The highest BCUT2D eigenvalue weighted by Crippen LogP contribution is 2.22. The minimum Gasteiger partial charge on any atom is -0.336 e. The first-order valence-electron chi connectivity index (χ1n) is 11.1. The number of halogens is 1. The first-order chi connectivity index (χ1) is 14.3. The maximum atomic E-state index is 12.6. The van der Waals surface area contributed by atoms with Crippen LogP contribution < -0.4 is 5.32 Å². The molecule has 7 nitrogen and oxygen atoms in total. The van der Waals surface area contributed by atoms with Crippen molar-refractivity contribution < 1.29 is 9.59 Å². The molecule has 166 valence electrons. The summed E-state index contributed by atoms with van der Waals surface area (Å²) < 4.78 is 1.79. The molecular weight excluding hydrogens is 402 g/mol. The van der Waals surface area contributed by atoms with E-state index >= 15 is 0 Å². The number of piperazine rings is 1. The van der Waals surface area contributed by atoms with Gasteiger partial charge in [-0.3, -0.25) is 9.48 Å². The molecule has 1 N–H and O–H groups in total. The van der Waals surface area contributed by atoms with Gasteiger partial charge in [-0.25, -0.2) is 4.79 Å². The van der Waals surface area contributed by atoms with E-state index in [0.717, 1.165) is 30.6 Å². The maximum absolute atomic E-state index is 12.6. The molecule has 2 aliphatic rings. The predicted octanol–water partition coefficient (Wildman–Crippen LogP) is 3.70. The minimum absolute atomic E-state index is 0.00418. The average molecular weight is 436 g/mol. The average Bonchev–Trinajstić information content (AvgIpc) is 2.99. The Labute approximate surface area is 184 Å². The van der Waals surface area contributed by atoms with Crippen LogP contribution in [0.1, 0.15) is 57.2 Å². The molecule has 3 rings (SSSR count). The summed E-state index contributed by atoms with van der Waals surface area (Å²) in [5, 5.41) is 8.19. The van der Waals surface area contributed by atoms with Gasteiger partial charge < -0.3 is 15.1 Å². The summed E-state index contributed by atoms with van der Waals surface area (Å²) in [4.78, 5) is 28.7. The first kappa shape index (κ1) is 22.7. The Morgan fingerprint density at radius 1 is 1.13 bits per heavy atom. The van der Waals surface area contributed by atoms with Gasteiger partial charge >= 0.3 is 6.03 Å². The molecule has 2 heterocycles. The summed E-state index contributed by atoms with van der Waals surface area (Å²) in [6.45, 7) is 9.07. The highest BCUT2D eigenvalue weighted by Gasteiger charge is 2.25. The van der Waals surface area contributed by atoms with Crippen LogP contribution in [0, 0.1) is 12.8 Å². The summed E-state index contributed by atoms with van der Waals surface area (Å²) in [5.74, 6) is 0.376. The monoisotopic (exact) mass is 435 g/mol. The lowest BCUT2D eigenvalue weighted by Crippen LogP contribution is -2.54. The van der Waals surface area contributed by atoms with Crippen molar-refractivity contribution in [3.8, 4) is 0 Å². The smallest absolute Gasteiger partial charge is 0.317 e. The van der Waals surface area contributed by atoms with Gasteiger partial charge in [-0.15, -0.1) is 0 Å². The standard InChI is InChI=1S/C22H34ClN5O2/c1-16(2)15-28-21(23)19(17(3)25-28)9-10-20(29)26-11-13-27(14-12-26)22(30)24-18-7-5-4-6-8-18/h9-10,16,18H,4-8,11-15H2,1-3H3,(H,24,30)/b10-9+. The number of rotatable bonds is 5. The van der Waals surface area contributed by atoms with Crippen molar-refractivity contribution in [1.29, 1.82) is 0 Å². The number of aromatic nitrogens is 2. The van der Waals surface area contributed by atoms with Crippen LogP contribution in [0.5, 0.6) is 0 Å². The summed E-state index contributed by atoms with van der Waals surface area (Å²) >= 11 is 6.45. The van der Waals surface area contributed by atoms with E-state index in [1.165, 1.54) is 19.3 Å². The van der Waals surface area contributed by atoms with Gasteiger partial charge in [-0.2, -0.15) is 5.10 Å². The Morgan fingerprint density at radius 3 is 2.40 bits per heavy atom. The molecule has 1 saturated heterocycles. The molecule has 3 amide bonds. The minimum atomic E-state index is -0.0607. The Bertz CT molecular complexity index is 775. The van der Waals surface area contributed by atoms with Gasteiger partial charge in [-0.05, 0) is 31.8 Å². The van der Waals surface area contributed by atoms with Crippen LogP contribution in [-0.2, 0) is 11.3 Å². The molecule has 1 aromatic rings. The van der Waals surface area contributed by atoms with Crippen LogP contribution in [0.2, 0.25) is 5.15 Å². The van der Waals surface area contributed by atoms with Crippen molar-refractivity contribution in [3.63, 3.8) is 0 Å². The highest BCUT2D eigenvalue weighted by atomic mass is 35.5. The molecule has 0 unspecified atom stereocenters. The lowest BCUT2D eigenvalue weighted by molar-refractivity contribution is -0.127.